The molecular formula is C16H24IN5S. The van der Waals surface area contributed by atoms with Crippen molar-refractivity contribution in [1.82, 2.24) is 20.6 Å². The molecule has 7 heteroatoms. The van der Waals surface area contributed by atoms with Crippen LogP contribution in [0.2, 0.25) is 0 Å². The molecule has 0 saturated heterocycles. The van der Waals surface area contributed by atoms with Gasteiger partial charge in [0.15, 0.2) is 5.96 Å². The zero-order chi connectivity index (χ0) is 15.8. The molecule has 0 unspecified atom stereocenters. The van der Waals surface area contributed by atoms with E-state index >= 15 is 0 Å². The second-order valence-corrected chi connectivity index (χ2v) is 6.15. The van der Waals surface area contributed by atoms with Crippen molar-refractivity contribution in [3.8, 4) is 0 Å². The van der Waals surface area contributed by atoms with Crippen LogP contribution in [0.25, 0.3) is 0 Å². The summed E-state index contributed by atoms with van der Waals surface area (Å²) in [7, 11) is 1.77. The number of thiazole rings is 1. The maximum absolute atomic E-state index is 4.63. The minimum absolute atomic E-state index is 0. The average molecular weight is 445 g/mol. The monoisotopic (exact) mass is 445 g/mol. The largest absolute Gasteiger partial charge is 0.356 e. The third-order valence-electron chi connectivity index (χ3n) is 3.12. The molecule has 0 spiro atoms. The quantitative estimate of drug-likeness (QED) is 0.408. The van der Waals surface area contributed by atoms with Gasteiger partial charge in [0.05, 0.1) is 22.9 Å². The van der Waals surface area contributed by atoms with Crippen LogP contribution in [-0.4, -0.2) is 29.5 Å². The number of hydrogen-bond donors (Lipinski definition) is 2. The summed E-state index contributed by atoms with van der Waals surface area (Å²) in [4.78, 5) is 13.1. The number of pyridine rings is 1. The molecule has 23 heavy (non-hydrogen) atoms. The molecule has 0 bridgehead atoms. The number of hydrogen-bond acceptors (Lipinski definition) is 4. The molecular weight excluding hydrogens is 421 g/mol. The van der Waals surface area contributed by atoms with Gasteiger partial charge < -0.3 is 10.6 Å². The fourth-order valence-electron chi connectivity index (χ4n) is 1.91. The van der Waals surface area contributed by atoms with Crippen molar-refractivity contribution in [3.63, 3.8) is 0 Å². The third-order valence-corrected chi connectivity index (χ3v) is 4.32. The minimum Gasteiger partial charge on any atom is -0.356 e. The van der Waals surface area contributed by atoms with Crippen LogP contribution < -0.4 is 10.6 Å². The van der Waals surface area contributed by atoms with Crippen LogP contribution in [0.5, 0.6) is 0 Å². The zero-order valence-electron chi connectivity index (χ0n) is 13.7. The first-order valence-corrected chi connectivity index (χ1v) is 8.35. The molecule has 2 rings (SSSR count). The van der Waals surface area contributed by atoms with Crippen molar-refractivity contribution >= 4 is 41.3 Å². The number of aliphatic imine (C=N–C) groups is 1. The van der Waals surface area contributed by atoms with Crippen molar-refractivity contribution in [2.45, 2.75) is 32.7 Å². The Morgan fingerprint density at radius 2 is 2.09 bits per heavy atom. The van der Waals surface area contributed by atoms with E-state index in [1.54, 1.807) is 24.6 Å². The molecule has 126 valence electrons. The highest BCUT2D eigenvalue weighted by Gasteiger charge is 2.06. The first kappa shape index (κ1) is 19.8. The first-order valence-electron chi connectivity index (χ1n) is 7.47. The van der Waals surface area contributed by atoms with Gasteiger partial charge in [0.25, 0.3) is 0 Å². The maximum Gasteiger partial charge on any atom is 0.191 e. The topological polar surface area (TPSA) is 62.2 Å². The lowest BCUT2D eigenvalue weighted by Crippen LogP contribution is -2.38. The standard InChI is InChI=1S/C16H23N5S.HI/c1-12(2)15-21-14(11-22-15)7-9-19-16(17-3)20-10-13-6-4-5-8-18-13;/h4-6,8,11-12H,7,9-10H2,1-3H3,(H2,17,19,20);1H. The second kappa shape index (κ2) is 10.5. The van der Waals surface area contributed by atoms with Gasteiger partial charge in [0.2, 0.25) is 0 Å². The van der Waals surface area contributed by atoms with E-state index in [9.17, 15) is 0 Å². The third kappa shape index (κ3) is 6.82. The molecule has 0 fully saturated rings. The highest BCUT2D eigenvalue weighted by molar-refractivity contribution is 14.0. The number of nitrogens with zero attached hydrogens (tertiary/aromatic N) is 3. The first-order chi connectivity index (χ1) is 10.7. The van der Waals surface area contributed by atoms with E-state index in [1.165, 1.54) is 5.01 Å². The Hall–Kier alpha value is -1.22. The predicted octanol–water partition coefficient (Wildman–Crippen LogP) is 3.19. The highest BCUT2D eigenvalue weighted by Crippen LogP contribution is 2.19. The van der Waals surface area contributed by atoms with E-state index in [0.29, 0.717) is 12.5 Å². The maximum atomic E-state index is 4.63. The molecule has 0 aliphatic rings. The Kier molecular flexibility index (Phi) is 9.08. The smallest absolute Gasteiger partial charge is 0.191 e. The molecule has 0 saturated carbocycles. The van der Waals surface area contributed by atoms with E-state index in [1.807, 2.05) is 18.2 Å². The summed E-state index contributed by atoms with van der Waals surface area (Å²) >= 11 is 1.74. The van der Waals surface area contributed by atoms with Gasteiger partial charge in [0.1, 0.15) is 0 Å². The van der Waals surface area contributed by atoms with E-state index < -0.39 is 0 Å². The van der Waals surface area contributed by atoms with E-state index in [4.69, 9.17) is 0 Å². The Balaban J connectivity index is 0.00000264. The van der Waals surface area contributed by atoms with E-state index in [-0.39, 0.29) is 24.0 Å². The van der Waals surface area contributed by atoms with Crippen LogP contribution in [-0.2, 0) is 13.0 Å². The van der Waals surface area contributed by atoms with Crippen molar-refractivity contribution in [3.05, 3.63) is 46.2 Å². The van der Waals surface area contributed by atoms with Crippen molar-refractivity contribution in [1.29, 1.82) is 0 Å². The number of guanidine groups is 1. The van der Waals surface area contributed by atoms with Crippen molar-refractivity contribution < 1.29 is 0 Å². The molecule has 2 aromatic heterocycles. The van der Waals surface area contributed by atoms with Gasteiger partial charge in [-0.25, -0.2) is 4.98 Å². The summed E-state index contributed by atoms with van der Waals surface area (Å²) < 4.78 is 0. The summed E-state index contributed by atoms with van der Waals surface area (Å²) in [5.41, 5.74) is 2.13. The predicted molar refractivity (Wildman–Crippen MR) is 108 cm³/mol. The fourth-order valence-corrected chi connectivity index (χ4v) is 2.78. The molecule has 2 aromatic rings. The number of halogens is 1. The van der Waals surface area contributed by atoms with Gasteiger partial charge in [-0.3, -0.25) is 9.98 Å². The summed E-state index contributed by atoms with van der Waals surface area (Å²) in [6.07, 6.45) is 2.69. The van der Waals surface area contributed by atoms with Crippen LogP contribution in [0.1, 0.15) is 36.2 Å². The second-order valence-electron chi connectivity index (χ2n) is 5.26. The van der Waals surface area contributed by atoms with Crippen LogP contribution in [0, 0.1) is 0 Å². The van der Waals surface area contributed by atoms with Crippen molar-refractivity contribution in [2.75, 3.05) is 13.6 Å². The van der Waals surface area contributed by atoms with Gasteiger partial charge in [-0.2, -0.15) is 0 Å². The molecule has 0 aliphatic heterocycles. The number of rotatable bonds is 6. The number of nitrogens with one attached hydrogen (secondary N) is 2. The molecule has 2 N–H and O–H groups in total. The Morgan fingerprint density at radius 1 is 1.26 bits per heavy atom. The Morgan fingerprint density at radius 3 is 2.70 bits per heavy atom. The lowest BCUT2D eigenvalue weighted by atomic mass is 10.2. The van der Waals surface area contributed by atoms with Crippen LogP contribution in [0.15, 0.2) is 34.8 Å². The average Bonchev–Trinajstić information content (AvgIpc) is 3.01. The highest BCUT2D eigenvalue weighted by atomic mass is 127. The van der Waals surface area contributed by atoms with Gasteiger partial charge >= 0.3 is 0 Å². The molecule has 0 atom stereocenters. The van der Waals surface area contributed by atoms with Gasteiger partial charge in [-0.1, -0.05) is 19.9 Å². The van der Waals surface area contributed by atoms with Crippen LogP contribution in [0.4, 0.5) is 0 Å². The zero-order valence-corrected chi connectivity index (χ0v) is 16.9. The Labute approximate surface area is 159 Å². The molecule has 2 heterocycles. The van der Waals surface area contributed by atoms with Crippen molar-refractivity contribution in [2.24, 2.45) is 4.99 Å². The molecule has 0 aliphatic carbocycles. The molecule has 0 amide bonds. The molecule has 5 nitrogen and oxygen atoms in total. The summed E-state index contributed by atoms with van der Waals surface area (Å²) in [5, 5.41) is 9.90. The van der Waals surface area contributed by atoms with Crippen LogP contribution in [0.3, 0.4) is 0 Å². The van der Waals surface area contributed by atoms with Gasteiger partial charge in [0, 0.05) is 37.5 Å². The Bertz CT molecular complexity index is 598. The summed E-state index contributed by atoms with van der Waals surface area (Å²) in [6.45, 7) is 5.81. The lowest BCUT2D eigenvalue weighted by molar-refractivity contribution is 0.770. The SMILES string of the molecule is CN=C(NCCc1csc(C(C)C)n1)NCc1ccccn1.I. The fraction of sp³-hybridized carbons (Fsp3) is 0.438. The summed E-state index contributed by atoms with van der Waals surface area (Å²) in [6, 6.07) is 5.88. The van der Waals surface area contributed by atoms with E-state index in [0.717, 1.165) is 30.3 Å². The molecule has 0 radical (unpaired) electrons. The normalized spacial score (nSPS) is 11.2. The van der Waals surface area contributed by atoms with E-state index in [2.05, 4.69) is 44.8 Å². The minimum atomic E-state index is 0. The van der Waals surface area contributed by atoms with Gasteiger partial charge in [-0.05, 0) is 12.1 Å². The van der Waals surface area contributed by atoms with Crippen LogP contribution >= 0.6 is 35.3 Å². The molecule has 0 aromatic carbocycles. The lowest BCUT2D eigenvalue weighted by Gasteiger charge is -2.11. The summed E-state index contributed by atoms with van der Waals surface area (Å²) in [5.74, 6) is 1.28. The number of aromatic nitrogens is 2. The van der Waals surface area contributed by atoms with Gasteiger partial charge in [-0.15, -0.1) is 35.3 Å².